The summed E-state index contributed by atoms with van der Waals surface area (Å²) in [5.74, 6) is -1.09. The van der Waals surface area contributed by atoms with Gasteiger partial charge < -0.3 is 5.32 Å². The summed E-state index contributed by atoms with van der Waals surface area (Å²) in [6.07, 6.45) is 1.39. The number of alkyl halides is 3. The van der Waals surface area contributed by atoms with Crippen LogP contribution in [0.5, 0.6) is 0 Å². The smallest absolute Gasteiger partial charge is 0.379 e. The number of aromatic nitrogens is 1. The first-order valence-electron chi connectivity index (χ1n) is 5.56. The summed E-state index contributed by atoms with van der Waals surface area (Å²) in [5.41, 5.74) is -5.88. The van der Waals surface area contributed by atoms with Crippen LogP contribution < -0.4 is 5.32 Å². The second-order valence-corrected chi connectivity index (χ2v) is 7.63. The Labute approximate surface area is 131 Å². The van der Waals surface area contributed by atoms with Crippen LogP contribution in [0.1, 0.15) is 4.88 Å². The molecule has 0 aliphatic heterocycles. The molecule has 0 atom stereocenters. The minimum atomic E-state index is -5.67. The fourth-order valence-electron chi connectivity index (χ4n) is 1.54. The predicted molar refractivity (Wildman–Crippen MR) is 74.1 cm³/mol. The van der Waals surface area contributed by atoms with Crippen LogP contribution in [0.2, 0.25) is 4.47 Å². The molecule has 0 aliphatic rings. The molecule has 11 heteroatoms. The number of rotatable bonds is 4. The minimum absolute atomic E-state index is 0.00358. The highest BCUT2D eigenvalue weighted by atomic mass is 35.5. The number of hydrogen-bond donors (Lipinski definition) is 1. The number of anilines is 1. The monoisotopic (exact) mass is 374 g/mol. The highest BCUT2D eigenvalue weighted by Gasteiger charge is 2.48. The van der Waals surface area contributed by atoms with Gasteiger partial charge in [0.1, 0.15) is 10.7 Å². The molecule has 1 heterocycles. The number of sulfone groups is 1. The van der Waals surface area contributed by atoms with Gasteiger partial charge in [-0.1, -0.05) is 11.6 Å². The van der Waals surface area contributed by atoms with E-state index in [9.17, 15) is 26.0 Å². The number of thiazole rings is 1. The maximum absolute atomic E-state index is 13.1. The normalized spacial score (nSPS) is 12.4. The van der Waals surface area contributed by atoms with Gasteiger partial charge in [0.25, 0.3) is 9.84 Å². The molecule has 0 aliphatic carbocycles. The molecule has 4 nitrogen and oxygen atoms in total. The summed E-state index contributed by atoms with van der Waals surface area (Å²) >= 11 is 6.69. The molecule has 0 spiro atoms. The standard InChI is InChI=1S/C11H7ClF4N2O2S2/c12-10-18-5-7(21-10)4-17-8-2-1-6(13)3-9(8)22(19,20)11(14,15)16/h1-3,5,17H,4H2. The van der Waals surface area contributed by atoms with Crippen molar-refractivity contribution in [1.82, 2.24) is 4.98 Å². The second-order valence-electron chi connectivity index (χ2n) is 4.02. The van der Waals surface area contributed by atoms with Gasteiger partial charge in [-0.3, -0.25) is 0 Å². The molecular weight excluding hydrogens is 368 g/mol. The van der Waals surface area contributed by atoms with Crippen molar-refractivity contribution >= 4 is 38.5 Å². The van der Waals surface area contributed by atoms with Gasteiger partial charge in [-0.15, -0.1) is 11.3 Å². The van der Waals surface area contributed by atoms with E-state index in [1.165, 1.54) is 6.20 Å². The van der Waals surface area contributed by atoms with Crippen LogP contribution in [-0.2, 0) is 16.4 Å². The first-order valence-corrected chi connectivity index (χ1v) is 8.24. The van der Waals surface area contributed by atoms with E-state index < -0.39 is 26.1 Å². The summed E-state index contributed by atoms with van der Waals surface area (Å²) in [5, 5.41) is 2.51. The Balaban J connectivity index is 2.36. The summed E-state index contributed by atoms with van der Waals surface area (Å²) in [4.78, 5) is 3.14. The Hall–Kier alpha value is -1.39. The first-order chi connectivity index (χ1) is 10.1. The van der Waals surface area contributed by atoms with Gasteiger partial charge in [0.05, 0.1) is 12.2 Å². The molecule has 2 rings (SSSR count). The highest BCUT2D eigenvalue weighted by Crippen LogP contribution is 2.35. The van der Waals surface area contributed by atoms with Crippen molar-refractivity contribution in [2.45, 2.75) is 16.9 Å². The van der Waals surface area contributed by atoms with Gasteiger partial charge >= 0.3 is 5.51 Å². The number of nitrogens with zero attached hydrogens (tertiary/aromatic N) is 1. The lowest BCUT2D eigenvalue weighted by molar-refractivity contribution is -0.0435. The molecule has 0 saturated carbocycles. The van der Waals surface area contributed by atoms with Gasteiger partial charge in [0.15, 0.2) is 4.47 Å². The zero-order chi connectivity index (χ0) is 16.5. The van der Waals surface area contributed by atoms with Crippen molar-refractivity contribution < 1.29 is 26.0 Å². The van der Waals surface area contributed by atoms with E-state index in [0.717, 1.165) is 23.5 Å². The van der Waals surface area contributed by atoms with Crippen LogP contribution in [-0.4, -0.2) is 18.9 Å². The Morgan fingerprint density at radius 2 is 2.00 bits per heavy atom. The van der Waals surface area contributed by atoms with Crippen molar-refractivity contribution in [3.8, 4) is 0 Å². The SMILES string of the molecule is O=S(=O)(c1cc(F)ccc1NCc1cnc(Cl)s1)C(F)(F)F. The third-order valence-electron chi connectivity index (χ3n) is 2.52. The zero-order valence-corrected chi connectivity index (χ0v) is 12.9. The van der Waals surface area contributed by atoms with E-state index >= 15 is 0 Å². The molecule has 1 N–H and O–H groups in total. The fourth-order valence-corrected chi connectivity index (χ4v) is 3.40. The molecule has 0 bridgehead atoms. The van der Waals surface area contributed by atoms with Gasteiger partial charge in [0.2, 0.25) is 0 Å². The van der Waals surface area contributed by atoms with Crippen LogP contribution in [0, 0.1) is 5.82 Å². The minimum Gasteiger partial charge on any atom is -0.379 e. The molecule has 120 valence electrons. The second kappa shape index (κ2) is 6.01. The lowest BCUT2D eigenvalue weighted by Gasteiger charge is -2.14. The summed E-state index contributed by atoms with van der Waals surface area (Å²) in [7, 11) is -5.67. The fraction of sp³-hybridized carbons (Fsp3) is 0.182. The van der Waals surface area contributed by atoms with Crippen molar-refractivity contribution in [1.29, 1.82) is 0 Å². The average molecular weight is 375 g/mol. The molecule has 0 unspecified atom stereocenters. The topological polar surface area (TPSA) is 59.1 Å². The molecular formula is C11H7ClF4N2O2S2. The quantitative estimate of drug-likeness (QED) is 0.826. The highest BCUT2D eigenvalue weighted by molar-refractivity contribution is 7.92. The van der Waals surface area contributed by atoms with E-state index in [4.69, 9.17) is 11.6 Å². The largest absolute Gasteiger partial charge is 0.501 e. The molecule has 2 aromatic rings. The van der Waals surface area contributed by atoms with E-state index in [1.807, 2.05) is 0 Å². The van der Waals surface area contributed by atoms with Crippen molar-refractivity contribution in [2.24, 2.45) is 0 Å². The third-order valence-corrected chi connectivity index (χ3v) is 5.16. The maximum atomic E-state index is 13.1. The van der Waals surface area contributed by atoms with Gasteiger partial charge in [-0.25, -0.2) is 17.8 Å². The summed E-state index contributed by atoms with van der Waals surface area (Å²) < 4.78 is 74.2. The summed E-state index contributed by atoms with van der Waals surface area (Å²) in [6.45, 7) is -0.00358. The molecule has 0 fully saturated rings. The molecule has 1 aromatic heterocycles. The molecule has 0 saturated heterocycles. The van der Waals surface area contributed by atoms with E-state index in [1.54, 1.807) is 0 Å². The Morgan fingerprint density at radius 3 is 2.55 bits per heavy atom. The molecule has 22 heavy (non-hydrogen) atoms. The van der Waals surface area contributed by atoms with Crippen LogP contribution >= 0.6 is 22.9 Å². The summed E-state index contributed by atoms with van der Waals surface area (Å²) in [6, 6.07) is 2.11. The molecule has 1 aromatic carbocycles. The van der Waals surface area contributed by atoms with Crippen molar-refractivity contribution in [2.75, 3.05) is 5.32 Å². The van der Waals surface area contributed by atoms with Crippen molar-refractivity contribution in [3.05, 3.63) is 39.6 Å². The van der Waals surface area contributed by atoms with E-state index in [-0.39, 0.29) is 16.7 Å². The van der Waals surface area contributed by atoms with E-state index in [0.29, 0.717) is 10.9 Å². The zero-order valence-electron chi connectivity index (χ0n) is 10.5. The Morgan fingerprint density at radius 1 is 1.32 bits per heavy atom. The number of benzene rings is 1. The third kappa shape index (κ3) is 3.50. The van der Waals surface area contributed by atoms with Crippen molar-refractivity contribution in [3.63, 3.8) is 0 Å². The maximum Gasteiger partial charge on any atom is 0.501 e. The van der Waals surface area contributed by atoms with Crippen LogP contribution in [0.15, 0.2) is 29.3 Å². The first kappa shape index (κ1) is 17.0. The van der Waals surface area contributed by atoms with Crippen LogP contribution in [0.3, 0.4) is 0 Å². The predicted octanol–water partition coefficient (Wildman–Crippen LogP) is 3.84. The number of nitrogens with one attached hydrogen (secondary N) is 1. The Bertz CT molecular complexity index is 790. The van der Waals surface area contributed by atoms with Crippen LogP contribution in [0.4, 0.5) is 23.2 Å². The van der Waals surface area contributed by atoms with Gasteiger partial charge in [0, 0.05) is 11.1 Å². The number of halogens is 5. The Kier molecular flexibility index (Phi) is 4.64. The van der Waals surface area contributed by atoms with Gasteiger partial charge in [-0.05, 0) is 18.2 Å². The lowest BCUT2D eigenvalue weighted by Crippen LogP contribution is -2.24. The average Bonchev–Trinajstić information content (AvgIpc) is 2.81. The molecule has 0 radical (unpaired) electrons. The van der Waals surface area contributed by atoms with Crippen LogP contribution in [0.25, 0.3) is 0 Å². The lowest BCUT2D eigenvalue weighted by atomic mass is 10.3. The number of hydrogen-bond acceptors (Lipinski definition) is 5. The molecule has 0 amide bonds. The van der Waals surface area contributed by atoms with Gasteiger partial charge in [-0.2, -0.15) is 13.2 Å². The van der Waals surface area contributed by atoms with E-state index in [2.05, 4.69) is 10.3 Å².